The van der Waals surface area contributed by atoms with E-state index in [2.05, 4.69) is 211 Å². The van der Waals surface area contributed by atoms with Gasteiger partial charge < -0.3 is 9.32 Å². The average Bonchev–Trinajstić information content (AvgIpc) is 3.64. The number of anilines is 3. The highest BCUT2D eigenvalue weighted by Crippen LogP contribution is 2.46. The molecule has 0 radical (unpaired) electrons. The van der Waals surface area contributed by atoms with Crippen LogP contribution in [0.1, 0.15) is 0 Å². The molecule has 0 N–H and O–H groups in total. The van der Waals surface area contributed by atoms with Crippen LogP contribution in [0.3, 0.4) is 0 Å². The number of benzene rings is 9. The van der Waals surface area contributed by atoms with Crippen molar-refractivity contribution < 1.29 is 4.42 Å². The van der Waals surface area contributed by atoms with E-state index in [4.69, 9.17) is 4.42 Å². The highest BCUT2D eigenvalue weighted by atomic mass is 16.3. The van der Waals surface area contributed by atoms with Gasteiger partial charge in [0.1, 0.15) is 5.58 Å². The van der Waals surface area contributed by atoms with Crippen molar-refractivity contribution in [2.45, 2.75) is 0 Å². The summed E-state index contributed by atoms with van der Waals surface area (Å²) in [6.45, 7) is 0. The molecule has 0 unspecified atom stereocenters. The van der Waals surface area contributed by atoms with Crippen molar-refractivity contribution >= 4 is 49.8 Å². The zero-order chi connectivity index (χ0) is 35.8. The van der Waals surface area contributed by atoms with Crippen LogP contribution in [0.25, 0.3) is 77.2 Å². The second-order valence-corrected chi connectivity index (χ2v) is 13.7. The van der Waals surface area contributed by atoms with Crippen molar-refractivity contribution in [1.29, 1.82) is 0 Å². The number of fused-ring (bicyclic) bond motifs is 4. The van der Waals surface area contributed by atoms with Gasteiger partial charge in [-0.25, -0.2) is 0 Å². The molecule has 2 heteroatoms. The van der Waals surface area contributed by atoms with Crippen molar-refractivity contribution in [3.8, 4) is 44.5 Å². The van der Waals surface area contributed by atoms with Gasteiger partial charge in [0.05, 0.1) is 5.69 Å². The number of para-hydroxylation sites is 2. The summed E-state index contributed by atoms with van der Waals surface area (Å²) in [5.41, 5.74) is 14.3. The van der Waals surface area contributed by atoms with E-state index in [0.717, 1.165) is 50.1 Å². The van der Waals surface area contributed by atoms with Crippen LogP contribution in [0.4, 0.5) is 17.1 Å². The smallest absolute Gasteiger partial charge is 0.159 e. The molecule has 0 atom stereocenters. The Hall–Kier alpha value is -7.16. The number of furan rings is 1. The molecule has 0 fully saturated rings. The van der Waals surface area contributed by atoms with E-state index in [0.29, 0.717) is 0 Å². The number of hydrogen-bond donors (Lipinski definition) is 0. The summed E-state index contributed by atoms with van der Waals surface area (Å²) in [4.78, 5) is 2.34. The van der Waals surface area contributed by atoms with Crippen molar-refractivity contribution in [2.75, 3.05) is 4.90 Å². The molecule has 254 valence electrons. The zero-order valence-corrected chi connectivity index (χ0v) is 29.6. The van der Waals surface area contributed by atoms with E-state index < -0.39 is 0 Å². The van der Waals surface area contributed by atoms with Crippen LogP contribution >= 0.6 is 0 Å². The van der Waals surface area contributed by atoms with Gasteiger partial charge in [0.25, 0.3) is 0 Å². The van der Waals surface area contributed by atoms with Gasteiger partial charge in [0, 0.05) is 22.1 Å². The fraction of sp³-hybridized carbons (Fsp3) is 0. The molecule has 10 rings (SSSR count). The van der Waals surface area contributed by atoms with Crippen LogP contribution in [0.5, 0.6) is 0 Å². The summed E-state index contributed by atoms with van der Waals surface area (Å²) in [5.74, 6) is 0. The molecule has 0 amide bonds. The summed E-state index contributed by atoms with van der Waals surface area (Å²) in [6, 6.07) is 75.8. The SMILES string of the molecule is c1ccc(-c2ccccc2-c2ccc(N(c3ccc(-c4cccc5ccccc45)cc3)c3cccc4c3oc3ccccc34)cc2-c2ccccc2)cc1. The summed E-state index contributed by atoms with van der Waals surface area (Å²) in [5, 5.41) is 4.69. The molecule has 0 spiro atoms. The predicted octanol–water partition coefficient (Wildman–Crippen LogP) is 14.9. The molecule has 2 nitrogen and oxygen atoms in total. The van der Waals surface area contributed by atoms with E-state index in [1.807, 2.05) is 6.07 Å². The maximum Gasteiger partial charge on any atom is 0.159 e. The van der Waals surface area contributed by atoms with Crippen molar-refractivity contribution in [3.05, 3.63) is 212 Å². The molecule has 54 heavy (non-hydrogen) atoms. The van der Waals surface area contributed by atoms with E-state index in [9.17, 15) is 0 Å². The maximum atomic E-state index is 6.68. The first-order valence-corrected chi connectivity index (χ1v) is 18.4. The topological polar surface area (TPSA) is 16.4 Å². The molecule has 9 aromatic carbocycles. The van der Waals surface area contributed by atoms with Gasteiger partial charge in [-0.3, -0.25) is 0 Å². The maximum absolute atomic E-state index is 6.68. The second kappa shape index (κ2) is 13.4. The van der Waals surface area contributed by atoms with Gasteiger partial charge in [-0.15, -0.1) is 0 Å². The van der Waals surface area contributed by atoms with E-state index >= 15 is 0 Å². The lowest BCUT2D eigenvalue weighted by Crippen LogP contribution is -2.10. The Morgan fingerprint density at radius 3 is 1.65 bits per heavy atom. The minimum atomic E-state index is 0.858. The Bertz CT molecular complexity index is 2920. The first-order chi connectivity index (χ1) is 26.8. The largest absolute Gasteiger partial charge is 0.454 e. The van der Waals surface area contributed by atoms with E-state index in [1.165, 1.54) is 44.2 Å². The minimum Gasteiger partial charge on any atom is -0.454 e. The van der Waals surface area contributed by atoms with E-state index in [-0.39, 0.29) is 0 Å². The zero-order valence-electron chi connectivity index (χ0n) is 29.6. The highest BCUT2D eigenvalue weighted by molar-refractivity contribution is 6.10. The Morgan fingerprint density at radius 2 is 0.852 bits per heavy atom. The summed E-state index contributed by atoms with van der Waals surface area (Å²) in [7, 11) is 0. The normalized spacial score (nSPS) is 11.3. The number of nitrogens with zero attached hydrogens (tertiary/aromatic N) is 1. The van der Waals surface area contributed by atoms with Crippen molar-refractivity contribution in [1.82, 2.24) is 0 Å². The fourth-order valence-electron chi connectivity index (χ4n) is 7.95. The van der Waals surface area contributed by atoms with Gasteiger partial charge in [-0.2, -0.15) is 0 Å². The molecular formula is C52H35NO. The third-order valence-corrected chi connectivity index (χ3v) is 10.5. The van der Waals surface area contributed by atoms with Gasteiger partial charge in [-0.05, 0) is 91.7 Å². The van der Waals surface area contributed by atoms with Crippen LogP contribution in [0.15, 0.2) is 217 Å². The predicted molar refractivity (Wildman–Crippen MR) is 228 cm³/mol. The molecule has 0 aliphatic heterocycles. The number of rotatable bonds is 7. The van der Waals surface area contributed by atoms with Crippen LogP contribution in [-0.4, -0.2) is 0 Å². The minimum absolute atomic E-state index is 0.858. The van der Waals surface area contributed by atoms with E-state index in [1.54, 1.807) is 0 Å². The molecule has 0 aliphatic carbocycles. The monoisotopic (exact) mass is 689 g/mol. The van der Waals surface area contributed by atoms with Crippen LogP contribution in [0.2, 0.25) is 0 Å². The quantitative estimate of drug-likeness (QED) is 0.166. The summed E-state index contributed by atoms with van der Waals surface area (Å²) >= 11 is 0. The lowest BCUT2D eigenvalue weighted by molar-refractivity contribution is 0.669. The Kier molecular flexibility index (Phi) is 7.85. The van der Waals surface area contributed by atoms with Gasteiger partial charge in [0.15, 0.2) is 5.58 Å². The van der Waals surface area contributed by atoms with Gasteiger partial charge in [0.2, 0.25) is 0 Å². The lowest BCUT2D eigenvalue weighted by Gasteiger charge is -2.27. The van der Waals surface area contributed by atoms with Gasteiger partial charge >= 0.3 is 0 Å². The van der Waals surface area contributed by atoms with Crippen LogP contribution in [-0.2, 0) is 0 Å². The average molecular weight is 690 g/mol. The molecule has 1 heterocycles. The van der Waals surface area contributed by atoms with Crippen molar-refractivity contribution in [3.63, 3.8) is 0 Å². The molecule has 1 aromatic heterocycles. The fourth-order valence-corrected chi connectivity index (χ4v) is 7.95. The Labute approximate surface area is 314 Å². The van der Waals surface area contributed by atoms with Crippen LogP contribution < -0.4 is 4.90 Å². The second-order valence-electron chi connectivity index (χ2n) is 13.7. The highest BCUT2D eigenvalue weighted by Gasteiger charge is 2.22. The Morgan fingerprint density at radius 1 is 0.315 bits per heavy atom. The molecule has 0 saturated heterocycles. The molecule has 10 aromatic rings. The molecule has 0 aliphatic rings. The molecule has 0 bridgehead atoms. The first kappa shape index (κ1) is 31.6. The third kappa shape index (κ3) is 5.53. The van der Waals surface area contributed by atoms with Crippen molar-refractivity contribution in [2.24, 2.45) is 0 Å². The summed E-state index contributed by atoms with van der Waals surface area (Å²) in [6.07, 6.45) is 0. The Balaban J connectivity index is 1.19. The first-order valence-electron chi connectivity index (χ1n) is 18.4. The summed E-state index contributed by atoms with van der Waals surface area (Å²) < 4.78 is 6.68. The number of hydrogen-bond acceptors (Lipinski definition) is 2. The molecule has 0 saturated carbocycles. The van der Waals surface area contributed by atoms with Crippen LogP contribution in [0, 0.1) is 0 Å². The molecular weight excluding hydrogens is 655 g/mol. The standard InChI is InChI=1S/C52H35NO/c1-3-15-36(16-4-1)44-22-9-10-23-45(44)46-34-33-41(35-49(46)38-17-5-2-6-18-38)53(50-27-14-26-48-47-24-11-12-28-51(47)54-52(48)50)40-31-29-39(30-32-40)43-25-13-20-37-19-7-8-21-42(37)43/h1-35H. The third-order valence-electron chi connectivity index (χ3n) is 10.5. The lowest BCUT2D eigenvalue weighted by atomic mass is 9.89. The van der Waals surface area contributed by atoms with Gasteiger partial charge in [-0.1, -0.05) is 176 Å².